The van der Waals surface area contributed by atoms with Gasteiger partial charge in [-0.3, -0.25) is 0 Å². The molecule has 6 unspecified atom stereocenters. The molecule has 2 saturated heterocycles. The zero-order valence-corrected chi connectivity index (χ0v) is 28.0. The molecule has 0 amide bonds. The molecule has 47 heavy (non-hydrogen) atoms. The van der Waals surface area contributed by atoms with Crippen LogP contribution in [0.25, 0.3) is 44.5 Å². The summed E-state index contributed by atoms with van der Waals surface area (Å²) in [5, 5.41) is 7.23. The van der Waals surface area contributed by atoms with Crippen LogP contribution in [0.1, 0.15) is 134 Å². The Morgan fingerprint density at radius 1 is 0.574 bits per heavy atom. The molecule has 2 aliphatic heterocycles. The van der Waals surface area contributed by atoms with Gasteiger partial charge in [0.05, 0.1) is 35.0 Å². The zero-order valence-electron chi connectivity index (χ0n) is 27.0. The highest BCUT2D eigenvalue weighted by Gasteiger charge is 2.44. The van der Waals surface area contributed by atoms with Crippen LogP contribution in [-0.2, 0) is 0 Å². The standard InChI is InChI=1S/C40H42N6.H2S/c1-3-31(41-15-1)39-43-20-34(46-39)29-13-12-28(37-24-7-8-25(18-24)38(29)37)27-11-10-26(35-22-5-6-23(17-22)36(27)35)21-9-14-30-33(19-21)45-40(44-30)32-4-2-16-42-32;/h9-14,19-20,22-25,31-32,41-42H,1-8,15-18H2,(H,43,46)(H,44,45);1H2. The lowest BCUT2D eigenvalue weighted by Gasteiger charge is -2.27. The minimum atomic E-state index is 0. The first-order chi connectivity index (χ1) is 22.8. The van der Waals surface area contributed by atoms with Crippen LogP contribution in [0, 0.1) is 0 Å². The molecule has 4 N–H and O–H groups in total. The molecule has 240 valence electrons. The summed E-state index contributed by atoms with van der Waals surface area (Å²) < 4.78 is 0. The van der Waals surface area contributed by atoms with Crippen molar-refractivity contribution in [3.8, 4) is 33.5 Å². The van der Waals surface area contributed by atoms with Crippen molar-refractivity contribution in [2.75, 3.05) is 13.1 Å². The normalized spacial score (nSPS) is 28.3. The average Bonchev–Trinajstić information content (AvgIpc) is 3.94. The third-order valence-electron chi connectivity index (χ3n) is 12.8. The number of hydrogen-bond acceptors (Lipinski definition) is 4. The SMILES string of the molecule is S.c1cc2nc(C3CCCN3)[nH]c2cc1-c1ccc(-c2ccc(-c3cnc(C4CCCN4)[nH]3)c3c2C2CCC3C2)c2c1C1CCC2C1. The largest absolute Gasteiger partial charge is 0.341 e. The average molecular weight is 641 g/mol. The third-order valence-corrected chi connectivity index (χ3v) is 12.8. The van der Waals surface area contributed by atoms with Crippen molar-refractivity contribution in [1.29, 1.82) is 0 Å². The Bertz CT molecular complexity index is 2030. The number of nitrogens with zero attached hydrogens (tertiary/aromatic N) is 2. The van der Waals surface area contributed by atoms with E-state index in [0.29, 0.717) is 35.8 Å². The lowest BCUT2D eigenvalue weighted by molar-refractivity contribution is 0.613. The molecular formula is C40H44N6S. The predicted molar refractivity (Wildman–Crippen MR) is 194 cm³/mol. The van der Waals surface area contributed by atoms with Crippen LogP contribution in [0.2, 0.25) is 0 Å². The molecular weight excluding hydrogens is 597 g/mol. The molecule has 5 aromatic rings. The van der Waals surface area contributed by atoms with E-state index in [1.807, 2.05) is 0 Å². The van der Waals surface area contributed by atoms with Crippen molar-refractivity contribution in [2.45, 2.75) is 100.0 Å². The van der Waals surface area contributed by atoms with Gasteiger partial charge in [-0.15, -0.1) is 0 Å². The Kier molecular flexibility index (Phi) is 6.58. The van der Waals surface area contributed by atoms with E-state index >= 15 is 0 Å². The summed E-state index contributed by atoms with van der Waals surface area (Å²) in [6.07, 6.45) is 14.9. The fourth-order valence-electron chi connectivity index (χ4n) is 10.8. The Morgan fingerprint density at radius 2 is 1.15 bits per heavy atom. The van der Waals surface area contributed by atoms with Crippen molar-refractivity contribution in [1.82, 2.24) is 30.6 Å². The van der Waals surface area contributed by atoms with Crippen molar-refractivity contribution in [2.24, 2.45) is 0 Å². The van der Waals surface area contributed by atoms with Gasteiger partial charge in [0.25, 0.3) is 0 Å². The van der Waals surface area contributed by atoms with Gasteiger partial charge in [-0.1, -0.05) is 30.3 Å². The van der Waals surface area contributed by atoms with Crippen molar-refractivity contribution < 1.29 is 0 Å². The summed E-state index contributed by atoms with van der Waals surface area (Å²) in [6.45, 7) is 2.18. The van der Waals surface area contributed by atoms with Crippen LogP contribution < -0.4 is 10.6 Å². The Balaban J connectivity index is 0.00000285. The number of imidazole rings is 2. The number of rotatable bonds is 5. The van der Waals surface area contributed by atoms with E-state index in [9.17, 15) is 0 Å². The summed E-state index contributed by atoms with van der Waals surface area (Å²) >= 11 is 0. The maximum Gasteiger partial charge on any atom is 0.124 e. The molecule has 7 heteroatoms. The summed E-state index contributed by atoms with van der Waals surface area (Å²) in [4.78, 5) is 17.3. The van der Waals surface area contributed by atoms with Crippen LogP contribution in [0.5, 0.6) is 0 Å². The lowest BCUT2D eigenvalue weighted by Crippen LogP contribution is -2.14. The highest BCUT2D eigenvalue weighted by atomic mass is 32.1. The number of aromatic amines is 2. The van der Waals surface area contributed by atoms with E-state index in [-0.39, 0.29) is 13.5 Å². The predicted octanol–water partition coefficient (Wildman–Crippen LogP) is 8.98. The molecule has 2 aromatic heterocycles. The minimum Gasteiger partial charge on any atom is -0.341 e. The zero-order chi connectivity index (χ0) is 29.9. The van der Waals surface area contributed by atoms with Gasteiger partial charge >= 0.3 is 0 Å². The van der Waals surface area contributed by atoms with Gasteiger partial charge in [-0.25, -0.2) is 9.97 Å². The molecule has 4 heterocycles. The molecule has 0 radical (unpaired) electrons. The second kappa shape index (κ2) is 10.8. The lowest BCUT2D eigenvalue weighted by atomic mass is 9.77. The Morgan fingerprint density at radius 3 is 1.79 bits per heavy atom. The molecule has 4 bridgehead atoms. The molecule has 4 aliphatic carbocycles. The second-order valence-electron chi connectivity index (χ2n) is 15.2. The van der Waals surface area contributed by atoms with E-state index in [2.05, 4.69) is 69.3 Å². The van der Waals surface area contributed by atoms with E-state index < -0.39 is 0 Å². The van der Waals surface area contributed by atoms with E-state index in [0.717, 1.165) is 42.2 Å². The monoisotopic (exact) mass is 640 g/mol. The van der Waals surface area contributed by atoms with Gasteiger partial charge in [0.1, 0.15) is 11.6 Å². The van der Waals surface area contributed by atoms with E-state index in [4.69, 9.17) is 9.97 Å². The van der Waals surface area contributed by atoms with Crippen LogP contribution in [0.15, 0.2) is 48.7 Å². The van der Waals surface area contributed by atoms with Gasteiger partial charge in [-0.05, 0) is 158 Å². The molecule has 0 spiro atoms. The van der Waals surface area contributed by atoms with E-state index in [1.54, 1.807) is 22.3 Å². The molecule has 11 rings (SSSR count). The first kappa shape index (κ1) is 28.6. The van der Waals surface area contributed by atoms with Gasteiger partial charge in [0.2, 0.25) is 0 Å². The van der Waals surface area contributed by atoms with Crippen LogP contribution >= 0.6 is 13.5 Å². The summed E-state index contributed by atoms with van der Waals surface area (Å²) in [6, 6.07) is 17.5. The van der Waals surface area contributed by atoms with Gasteiger partial charge in [0.15, 0.2) is 0 Å². The number of hydrogen-bond donors (Lipinski definition) is 4. The van der Waals surface area contributed by atoms with Crippen LogP contribution in [0.4, 0.5) is 0 Å². The highest BCUT2D eigenvalue weighted by molar-refractivity contribution is 7.59. The first-order valence-corrected chi connectivity index (χ1v) is 18.1. The second-order valence-corrected chi connectivity index (χ2v) is 15.2. The quantitative estimate of drug-likeness (QED) is 0.155. The van der Waals surface area contributed by atoms with Gasteiger partial charge < -0.3 is 20.6 Å². The number of nitrogens with one attached hydrogen (secondary N) is 4. The first-order valence-electron chi connectivity index (χ1n) is 18.1. The van der Waals surface area contributed by atoms with Crippen LogP contribution in [-0.4, -0.2) is 33.0 Å². The molecule has 4 fully saturated rings. The Labute approximate surface area is 283 Å². The maximum absolute atomic E-state index is 4.97. The Hall–Kier alpha value is -3.39. The van der Waals surface area contributed by atoms with Gasteiger partial charge in [-0.2, -0.15) is 13.5 Å². The van der Waals surface area contributed by atoms with E-state index in [1.165, 1.54) is 91.3 Å². The third kappa shape index (κ3) is 4.25. The summed E-state index contributed by atoms with van der Waals surface area (Å²) in [5.41, 5.74) is 17.3. The van der Waals surface area contributed by atoms with Gasteiger partial charge in [0, 0.05) is 5.56 Å². The fraction of sp³-hybridized carbons (Fsp3) is 0.450. The fourth-order valence-corrected chi connectivity index (χ4v) is 10.8. The number of H-pyrrole nitrogens is 2. The highest BCUT2D eigenvalue weighted by Crippen LogP contribution is 2.62. The molecule has 2 saturated carbocycles. The molecule has 6 aliphatic rings. The molecule has 6 atom stereocenters. The number of fused-ring (bicyclic) bond motifs is 11. The van der Waals surface area contributed by atoms with Crippen molar-refractivity contribution in [3.63, 3.8) is 0 Å². The van der Waals surface area contributed by atoms with Crippen LogP contribution in [0.3, 0.4) is 0 Å². The molecule has 3 aromatic carbocycles. The summed E-state index contributed by atoms with van der Waals surface area (Å²) in [7, 11) is 0. The number of aromatic nitrogens is 4. The minimum absolute atomic E-state index is 0. The summed E-state index contributed by atoms with van der Waals surface area (Å²) in [5.74, 6) is 4.95. The van der Waals surface area contributed by atoms with Crippen molar-refractivity contribution >= 4 is 24.5 Å². The maximum atomic E-state index is 4.97. The smallest absolute Gasteiger partial charge is 0.124 e. The molecule has 6 nitrogen and oxygen atoms in total. The number of benzene rings is 3. The van der Waals surface area contributed by atoms with Crippen molar-refractivity contribution in [3.05, 3.63) is 82.6 Å². The topological polar surface area (TPSA) is 81.4 Å².